The Kier molecular flexibility index (Phi) is 5.48. The Balaban J connectivity index is 2.71. The van der Waals surface area contributed by atoms with Gasteiger partial charge in [-0.15, -0.1) is 0 Å². The second-order valence-electron chi connectivity index (χ2n) is 3.26. The van der Waals surface area contributed by atoms with Crippen LogP contribution in [0.1, 0.15) is 5.56 Å². The van der Waals surface area contributed by atoms with E-state index >= 15 is 0 Å². The summed E-state index contributed by atoms with van der Waals surface area (Å²) in [5.74, 6) is -0.488. The highest BCUT2D eigenvalue weighted by Crippen LogP contribution is 2.13. The molecule has 0 aliphatic heterocycles. The predicted molar refractivity (Wildman–Crippen MR) is 70.3 cm³/mol. The van der Waals surface area contributed by atoms with Gasteiger partial charge in [0.1, 0.15) is 0 Å². The number of aliphatic hydroxyl groups excluding tert-OH is 1. The molecule has 0 aliphatic carbocycles. The Bertz CT molecular complexity index is 373. The van der Waals surface area contributed by atoms with E-state index in [9.17, 15) is 9.90 Å². The van der Waals surface area contributed by atoms with Crippen LogP contribution in [0.4, 0.5) is 0 Å². The Labute approximate surface area is 108 Å². The topological polar surface area (TPSA) is 46.5 Å². The largest absolute Gasteiger partial charge is 0.466 e. The Morgan fingerprint density at radius 1 is 1.50 bits per heavy atom. The number of hydrogen-bond acceptors (Lipinski definition) is 3. The third-order valence-corrected chi connectivity index (χ3v) is 2.84. The van der Waals surface area contributed by atoms with E-state index in [0.717, 1.165) is 5.56 Å². The normalized spacial score (nSPS) is 13.3. The molecule has 86 valence electrons. The standard InChI is InChI=1S/C12H13IO3/c1-16-12(15)10(8-13)11(14)7-9-5-3-2-4-6-9/h2-6,8,11,14H,7H2,1H3/b10-8-. The molecule has 0 aliphatic rings. The van der Waals surface area contributed by atoms with E-state index < -0.39 is 12.1 Å². The zero-order valence-electron chi connectivity index (χ0n) is 8.89. The number of esters is 1. The minimum atomic E-state index is -0.827. The molecule has 0 heterocycles. The van der Waals surface area contributed by atoms with Crippen LogP contribution in [-0.4, -0.2) is 24.3 Å². The molecule has 0 bridgehead atoms. The highest BCUT2D eigenvalue weighted by molar-refractivity contribution is 14.1. The molecule has 1 rings (SSSR count). The molecule has 0 saturated carbocycles. The second kappa shape index (κ2) is 6.65. The van der Waals surface area contributed by atoms with Crippen molar-refractivity contribution in [2.75, 3.05) is 7.11 Å². The summed E-state index contributed by atoms with van der Waals surface area (Å²) in [4.78, 5) is 11.3. The first-order chi connectivity index (χ1) is 7.69. The quantitative estimate of drug-likeness (QED) is 0.522. The highest BCUT2D eigenvalue weighted by Gasteiger charge is 2.19. The fourth-order valence-corrected chi connectivity index (χ4v) is 1.99. The van der Waals surface area contributed by atoms with Gasteiger partial charge in [-0.1, -0.05) is 52.9 Å². The smallest absolute Gasteiger partial charge is 0.336 e. The van der Waals surface area contributed by atoms with Crippen molar-refractivity contribution in [3.63, 3.8) is 0 Å². The lowest BCUT2D eigenvalue weighted by Crippen LogP contribution is -2.21. The van der Waals surface area contributed by atoms with Crippen LogP contribution in [0.15, 0.2) is 40.0 Å². The minimum Gasteiger partial charge on any atom is -0.466 e. The SMILES string of the molecule is COC(=O)/C(=C\I)C(O)Cc1ccccc1. The number of carbonyl (C=O) groups excluding carboxylic acids is 1. The van der Waals surface area contributed by atoms with Gasteiger partial charge >= 0.3 is 5.97 Å². The van der Waals surface area contributed by atoms with Crippen LogP contribution in [0, 0.1) is 0 Å². The van der Waals surface area contributed by atoms with E-state index in [4.69, 9.17) is 0 Å². The Hall–Kier alpha value is -0.880. The molecule has 0 fully saturated rings. The molecular weight excluding hydrogens is 319 g/mol. The van der Waals surface area contributed by atoms with Gasteiger partial charge in [0.05, 0.1) is 18.8 Å². The molecule has 0 radical (unpaired) electrons. The summed E-state index contributed by atoms with van der Waals surface area (Å²) < 4.78 is 6.14. The van der Waals surface area contributed by atoms with Crippen molar-refractivity contribution < 1.29 is 14.6 Å². The van der Waals surface area contributed by atoms with Gasteiger partial charge in [0, 0.05) is 6.42 Å². The van der Waals surface area contributed by atoms with Crippen LogP contribution in [0.5, 0.6) is 0 Å². The molecular formula is C12H13IO3. The Morgan fingerprint density at radius 2 is 2.12 bits per heavy atom. The summed E-state index contributed by atoms with van der Waals surface area (Å²) in [6.07, 6.45) is -0.420. The number of carbonyl (C=O) groups is 1. The third kappa shape index (κ3) is 3.61. The van der Waals surface area contributed by atoms with Gasteiger partial charge in [-0.05, 0) is 9.65 Å². The molecule has 0 amide bonds. The molecule has 4 heteroatoms. The molecule has 0 aromatic heterocycles. The van der Waals surface area contributed by atoms with Crippen molar-refractivity contribution in [3.05, 3.63) is 45.6 Å². The lowest BCUT2D eigenvalue weighted by Gasteiger charge is -2.12. The van der Waals surface area contributed by atoms with Crippen molar-refractivity contribution in [2.24, 2.45) is 0 Å². The van der Waals surface area contributed by atoms with E-state index in [-0.39, 0.29) is 5.57 Å². The van der Waals surface area contributed by atoms with Gasteiger partial charge in [-0.3, -0.25) is 0 Å². The van der Waals surface area contributed by atoms with E-state index in [1.807, 2.05) is 52.9 Å². The summed E-state index contributed by atoms with van der Waals surface area (Å²) in [5, 5.41) is 9.89. The summed E-state index contributed by atoms with van der Waals surface area (Å²) in [5.41, 5.74) is 1.27. The summed E-state index contributed by atoms with van der Waals surface area (Å²) in [7, 11) is 1.30. The van der Waals surface area contributed by atoms with Crippen LogP contribution in [0.3, 0.4) is 0 Å². The van der Waals surface area contributed by atoms with E-state index in [0.29, 0.717) is 6.42 Å². The first kappa shape index (κ1) is 13.2. The summed E-state index contributed by atoms with van der Waals surface area (Å²) in [6.45, 7) is 0. The van der Waals surface area contributed by atoms with Gasteiger partial charge in [-0.25, -0.2) is 4.79 Å². The van der Waals surface area contributed by atoms with Crippen molar-refractivity contribution in [1.29, 1.82) is 0 Å². The fourth-order valence-electron chi connectivity index (χ4n) is 1.32. The van der Waals surface area contributed by atoms with Gasteiger partial charge in [0.25, 0.3) is 0 Å². The predicted octanol–water partition coefficient (Wildman–Crippen LogP) is 2.08. The van der Waals surface area contributed by atoms with Crippen LogP contribution >= 0.6 is 22.6 Å². The van der Waals surface area contributed by atoms with Crippen molar-refractivity contribution >= 4 is 28.6 Å². The maximum atomic E-state index is 11.3. The van der Waals surface area contributed by atoms with Crippen molar-refractivity contribution in [3.8, 4) is 0 Å². The third-order valence-electron chi connectivity index (χ3n) is 2.17. The number of rotatable bonds is 4. The lowest BCUT2D eigenvalue weighted by molar-refractivity contribution is -0.137. The zero-order chi connectivity index (χ0) is 12.0. The molecule has 0 saturated heterocycles. The molecule has 1 unspecified atom stereocenters. The summed E-state index contributed by atoms with van der Waals surface area (Å²) >= 11 is 1.92. The monoisotopic (exact) mass is 332 g/mol. The molecule has 1 aromatic rings. The van der Waals surface area contributed by atoms with E-state index in [2.05, 4.69) is 4.74 Å². The number of ether oxygens (including phenoxy) is 1. The Morgan fingerprint density at radius 3 is 2.62 bits per heavy atom. The average Bonchev–Trinajstić information content (AvgIpc) is 2.31. The highest BCUT2D eigenvalue weighted by atomic mass is 127. The number of hydrogen-bond donors (Lipinski definition) is 1. The van der Waals surface area contributed by atoms with Gasteiger partial charge in [-0.2, -0.15) is 0 Å². The number of aliphatic hydroxyl groups is 1. The number of methoxy groups -OCH3 is 1. The maximum absolute atomic E-state index is 11.3. The fraction of sp³-hybridized carbons (Fsp3) is 0.250. The first-order valence-corrected chi connectivity index (χ1v) is 6.04. The van der Waals surface area contributed by atoms with Crippen molar-refractivity contribution in [1.82, 2.24) is 0 Å². The maximum Gasteiger partial charge on any atom is 0.336 e. The molecule has 16 heavy (non-hydrogen) atoms. The van der Waals surface area contributed by atoms with Crippen LogP contribution in [0.2, 0.25) is 0 Å². The molecule has 0 spiro atoms. The zero-order valence-corrected chi connectivity index (χ0v) is 11.0. The molecule has 1 N–H and O–H groups in total. The lowest BCUT2D eigenvalue weighted by atomic mass is 10.0. The van der Waals surface area contributed by atoms with Crippen molar-refractivity contribution in [2.45, 2.75) is 12.5 Å². The number of benzene rings is 1. The van der Waals surface area contributed by atoms with E-state index in [1.54, 1.807) is 4.08 Å². The van der Waals surface area contributed by atoms with Gasteiger partial charge in [0.2, 0.25) is 0 Å². The van der Waals surface area contributed by atoms with Crippen LogP contribution in [0.25, 0.3) is 0 Å². The molecule has 1 aromatic carbocycles. The molecule has 1 atom stereocenters. The van der Waals surface area contributed by atoms with E-state index in [1.165, 1.54) is 7.11 Å². The first-order valence-electron chi connectivity index (χ1n) is 4.79. The van der Waals surface area contributed by atoms with Crippen LogP contribution in [-0.2, 0) is 16.0 Å². The minimum absolute atomic E-state index is 0.284. The molecule has 3 nitrogen and oxygen atoms in total. The number of halogens is 1. The average molecular weight is 332 g/mol. The second-order valence-corrected chi connectivity index (χ2v) is 3.88. The van der Waals surface area contributed by atoms with Gasteiger partial charge < -0.3 is 9.84 Å². The van der Waals surface area contributed by atoms with Crippen LogP contribution < -0.4 is 0 Å². The van der Waals surface area contributed by atoms with Gasteiger partial charge in [0.15, 0.2) is 0 Å². The summed E-state index contributed by atoms with van der Waals surface area (Å²) in [6, 6.07) is 9.52.